The molecular formula is C16H11BrFNO2. The lowest BCUT2D eigenvalue weighted by Gasteiger charge is -2.10. The maximum atomic E-state index is 13.3. The average Bonchev–Trinajstić information content (AvgIpc) is 2.51. The summed E-state index contributed by atoms with van der Waals surface area (Å²) in [7, 11) is 1.60. The van der Waals surface area contributed by atoms with Gasteiger partial charge in [0.2, 0.25) is 5.88 Å². The number of aromatic nitrogens is 1. The van der Waals surface area contributed by atoms with Gasteiger partial charge in [0.05, 0.1) is 11.6 Å². The Hall–Kier alpha value is -2.14. The van der Waals surface area contributed by atoms with E-state index in [2.05, 4.69) is 20.9 Å². The molecule has 0 unspecified atom stereocenters. The lowest BCUT2D eigenvalue weighted by molar-refractivity contribution is 0.415. The standard InChI is InChI=1S/C16H11BrFNO2/c1-20-12-4-2-10-6-7-19-16(13(10)9-12)21-15-8-11(18)3-5-14(15)17/h2-9H,1H3. The van der Waals surface area contributed by atoms with Gasteiger partial charge in [0.1, 0.15) is 17.3 Å². The minimum Gasteiger partial charge on any atom is -0.497 e. The largest absolute Gasteiger partial charge is 0.497 e. The highest BCUT2D eigenvalue weighted by molar-refractivity contribution is 9.10. The first-order valence-electron chi connectivity index (χ1n) is 6.23. The van der Waals surface area contributed by atoms with Gasteiger partial charge in [-0.05, 0) is 51.6 Å². The van der Waals surface area contributed by atoms with E-state index in [1.54, 1.807) is 19.4 Å². The highest BCUT2D eigenvalue weighted by Crippen LogP contribution is 2.34. The zero-order chi connectivity index (χ0) is 14.8. The molecule has 0 N–H and O–H groups in total. The van der Waals surface area contributed by atoms with Gasteiger partial charge in [-0.15, -0.1) is 0 Å². The minimum absolute atomic E-state index is 0.369. The molecule has 0 aliphatic heterocycles. The zero-order valence-corrected chi connectivity index (χ0v) is 12.7. The molecule has 0 radical (unpaired) electrons. The van der Waals surface area contributed by atoms with Gasteiger partial charge in [-0.25, -0.2) is 9.37 Å². The predicted octanol–water partition coefficient (Wildman–Crippen LogP) is 4.94. The van der Waals surface area contributed by atoms with Crippen LogP contribution in [-0.4, -0.2) is 12.1 Å². The van der Waals surface area contributed by atoms with E-state index in [1.807, 2.05) is 24.3 Å². The molecule has 0 saturated carbocycles. The molecule has 2 aromatic carbocycles. The van der Waals surface area contributed by atoms with Crippen molar-refractivity contribution in [2.24, 2.45) is 0 Å². The van der Waals surface area contributed by atoms with Crippen LogP contribution < -0.4 is 9.47 Å². The first-order chi connectivity index (χ1) is 10.2. The van der Waals surface area contributed by atoms with Crippen molar-refractivity contribution in [2.45, 2.75) is 0 Å². The van der Waals surface area contributed by atoms with Crippen molar-refractivity contribution < 1.29 is 13.9 Å². The number of hydrogen-bond acceptors (Lipinski definition) is 3. The second-order valence-corrected chi connectivity index (χ2v) is 5.23. The van der Waals surface area contributed by atoms with E-state index in [4.69, 9.17) is 9.47 Å². The van der Waals surface area contributed by atoms with Crippen molar-refractivity contribution in [3.05, 3.63) is 59.0 Å². The summed E-state index contributed by atoms with van der Waals surface area (Å²) in [6.07, 6.45) is 1.65. The number of nitrogens with zero attached hydrogens (tertiary/aromatic N) is 1. The third-order valence-electron chi connectivity index (χ3n) is 3.04. The van der Waals surface area contributed by atoms with E-state index in [-0.39, 0.29) is 5.82 Å². The van der Waals surface area contributed by atoms with E-state index >= 15 is 0 Å². The highest BCUT2D eigenvalue weighted by atomic mass is 79.9. The number of hydrogen-bond donors (Lipinski definition) is 0. The van der Waals surface area contributed by atoms with Crippen LogP contribution in [0.5, 0.6) is 17.4 Å². The summed E-state index contributed by atoms with van der Waals surface area (Å²) in [6, 6.07) is 11.8. The van der Waals surface area contributed by atoms with Gasteiger partial charge in [-0.1, -0.05) is 6.07 Å². The van der Waals surface area contributed by atoms with Crippen molar-refractivity contribution in [1.82, 2.24) is 4.98 Å². The van der Waals surface area contributed by atoms with Crippen molar-refractivity contribution in [1.29, 1.82) is 0 Å². The Kier molecular flexibility index (Phi) is 3.75. The van der Waals surface area contributed by atoms with Crippen LogP contribution in [-0.2, 0) is 0 Å². The van der Waals surface area contributed by atoms with E-state index in [9.17, 15) is 4.39 Å². The maximum Gasteiger partial charge on any atom is 0.227 e. The van der Waals surface area contributed by atoms with Gasteiger partial charge in [-0.3, -0.25) is 0 Å². The van der Waals surface area contributed by atoms with E-state index < -0.39 is 0 Å². The van der Waals surface area contributed by atoms with Crippen molar-refractivity contribution >= 4 is 26.7 Å². The van der Waals surface area contributed by atoms with Crippen LogP contribution >= 0.6 is 15.9 Å². The first-order valence-corrected chi connectivity index (χ1v) is 7.02. The number of pyridine rings is 1. The number of methoxy groups -OCH3 is 1. The number of halogens is 2. The van der Waals surface area contributed by atoms with Gasteiger partial charge in [0, 0.05) is 17.6 Å². The lowest BCUT2D eigenvalue weighted by Crippen LogP contribution is -1.92. The predicted molar refractivity (Wildman–Crippen MR) is 82.5 cm³/mol. The van der Waals surface area contributed by atoms with Gasteiger partial charge in [-0.2, -0.15) is 0 Å². The third-order valence-corrected chi connectivity index (χ3v) is 3.69. The normalized spacial score (nSPS) is 10.6. The fraction of sp³-hybridized carbons (Fsp3) is 0.0625. The number of fused-ring (bicyclic) bond motifs is 1. The summed E-state index contributed by atoms with van der Waals surface area (Å²) >= 11 is 3.34. The summed E-state index contributed by atoms with van der Waals surface area (Å²) in [5.41, 5.74) is 0. The van der Waals surface area contributed by atoms with Gasteiger partial charge < -0.3 is 9.47 Å². The molecule has 1 heterocycles. The molecule has 0 aliphatic rings. The molecule has 0 atom stereocenters. The van der Waals surface area contributed by atoms with Crippen molar-refractivity contribution in [2.75, 3.05) is 7.11 Å². The fourth-order valence-corrected chi connectivity index (χ4v) is 2.32. The molecule has 21 heavy (non-hydrogen) atoms. The van der Waals surface area contributed by atoms with E-state index in [0.29, 0.717) is 21.9 Å². The Morgan fingerprint density at radius 1 is 1.10 bits per heavy atom. The maximum absolute atomic E-state index is 13.3. The molecule has 3 nitrogen and oxygen atoms in total. The highest BCUT2D eigenvalue weighted by Gasteiger charge is 2.09. The second kappa shape index (κ2) is 5.69. The first kappa shape index (κ1) is 13.8. The van der Waals surface area contributed by atoms with Crippen LogP contribution in [0.4, 0.5) is 4.39 Å². The SMILES string of the molecule is COc1ccc2ccnc(Oc3cc(F)ccc3Br)c2c1. The molecule has 0 bridgehead atoms. The quantitative estimate of drug-likeness (QED) is 0.672. The van der Waals surface area contributed by atoms with Crippen molar-refractivity contribution in [3.63, 3.8) is 0 Å². The van der Waals surface area contributed by atoms with Gasteiger partial charge >= 0.3 is 0 Å². The van der Waals surface area contributed by atoms with Crippen LogP contribution in [0, 0.1) is 5.82 Å². The molecule has 0 saturated heterocycles. The van der Waals surface area contributed by atoms with Gasteiger partial charge in [0.15, 0.2) is 0 Å². The molecule has 1 aromatic heterocycles. The van der Waals surface area contributed by atoms with Crippen LogP contribution in [0.2, 0.25) is 0 Å². The fourth-order valence-electron chi connectivity index (χ4n) is 1.99. The summed E-state index contributed by atoms with van der Waals surface area (Å²) in [5.74, 6) is 1.11. The van der Waals surface area contributed by atoms with Gasteiger partial charge in [0.25, 0.3) is 0 Å². The number of benzene rings is 2. The Labute approximate surface area is 129 Å². The lowest BCUT2D eigenvalue weighted by atomic mass is 10.1. The molecule has 3 rings (SSSR count). The Morgan fingerprint density at radius 3 is 2.76 bits per heavy atom. The smallest absolute Gasteiger partial charge is 0.227 e. The molecule has 5 heteroatoms. The average molecular weight is 348 g/mol. The van der Waals surface area contributed by atoms with E-state index in [1.165, 1.54) is 12.1 Å². The summed E-state index contributed by atoms with van der Waals surface area (Å²) in [4.78, 5) is 4.23. The molecule has 0 spiro atoms. The Balaban J connectivity index is 2.09. The summed E-state index contributed by atoms with van der Waals surface area (Å²) in [5, 5.41) is 1.77. The molecule has 3 aromatic rings. The van der Waals surface area contributed by atoms with E-state index in [0.717, 1.165) is 10.8 Å². The Morgan fingerprint density at radius 2 is 1.95 bits per heavy atom. The van der Waals surface area contributed by atoms with Crippen LogP contribution in [0.15, 0.2) is 53.1 Å². The zero-order valence-electron chi connectivity index (χ0n) is 11.1. The molecule has 0 amide bonds. The Bertz CT molecular complexity index is 807. The van der Waals surface area contributed by atoms with Crippen LogP contribution in [0.3, 0.4) is 0 Å². The molecule has 0 fully saturated rings. The molecule has 106 valence electrons. The summed E-state index contributed by atoms with van der Waals surface area (Å²) in [6.45, 7) is 0. The molecular weight excluding hydrogens is 337 g/mol. The monoisotopic (exact) mass is 347 g/mol. The topological polar surface area (TPSA) is 31.4 Å². The van der Waals surface area contributed by atoms with Crippen LogP contribution in [0.25, 0.3) is 10.8 Å². The number of rotatable bonds is 3. The van der Waals surface area contributed by atoms with Crippen LogP contribution in [0.1, 0.15) is 0 Å². The second-order valence-electron chi connectivity index (χ2n) is 4.38. The minimum atomic E-state index is -0.369. The van der Waals surface area contributed by atoms with Crippen molar-refractivity contribution in [3.8, 4) is 17.4 Å². The number of ether oxygens (including phenoxy) is 2. The summed E-state index contributed by atoms with van der Waals surface area (Å²) < 4.78 is 25.0. The molecule has 0 aliphatic carbocycles. The third kappa shape index (κ3) is 2.83.